The number of carboxylic acids is 1. The minimum Gasteiger partial charge on any atom is -0.791 e. The summed E-state index contributed by atoms with van der Waals surface area (Å²) in [4.78, 5) is 12.2. The number of hydrogen-bond donors (Lipinski definition) is 1. The zero-order valence-corrected chi connectivity index (χ0v) is 10.9. The highest BCUT2D eigenvalue weighted by molar-refractivity contribution is 7.14. The van der Waals surface area contributed by atoms with Gasteiger partial charge in [0.15, 0.2) is 5.71 Å². The fourth-order valence-corrected chi connectivity index (χ4v) is 2.72. The molecule has 0 aliphatic carbocycles. The molecular weight excluding hydrogens is 262 g/mol. The number of hydrogen-bond acceptors (Lipinski definition) is 4. The van der Waals surface area contributed by atoms with Gasteiger partial charge in [0.05, 0.1) is 4.88 Å². The van der Waals surface area contributed by atoms with Crippen LogP contribution in [0.1, 0.15) is 15.3 Å². The standard InChI is InChI=1S/C14H13NO3S/c16-14(17)13(15-18)12-9-8-11(19-12)7-6-10-4-2-1-3-5-10/h1-5,8-9,18H,6-7H2,(H,16,17)/p-1. The molecule has 0 saturated heterocycles. The Morgan fingerprint density at radius 2 is 1.89 bits per heavy atom. The maximum atomic E-state index is 10.8. The molecule has 0 atom stereocenters. The van der Waals surface area contributed by atoms with Crippen molar-refractivity contribution < 1.29 is 9.90 Å². The molecule has 0 aliphatic rings. The van der Waals surface area contributed by atoms with E-state index >= 15 is 0 Å². The van der Waals surface area contributed by atoms with Crippen LogP contribution in [-0.4, -0.2) is 16.8 Å². The highest BCUT2D eigenvalue weighted by Gasteiger charge is 2.13. The number of nitrogens with zero attached hydrogens (tertiary/aromatic N) is 1. The van der Waals surface area contributed by atoms with Crippen LogP contribution in [0.3, 0.4) is 0 Å². The molecule has 1 aromatic carbocycles. The van der Waals surface area contributed by atoms with Gasteiger partial charge in [-0.05, 0) is 30.5 Å². The predicted molar refractivity (Wildman–Crippen MR) is 75.7 cm³/mol. The van der Waals surface area contributed by atoms with Crippen molar-refractivity contribution in [1.29, 1.82) is 0 Å². The Hall–Kier alpha value is -2.14. The molecule has 19 heavy (non-hydrogen) atoms. The van der Waals surface area contributed by atoms with Gasteiger partial charge in [0.1, 0.15) is 0 Å². The number of rotatable bonds is 5. The first-order chi connectivity index (χ1) is 9.20. The molecular formula is C14H12NO3S-. The average molecular weight is 274 g/mol. The SMILES string of the molecule is O=C(O)C(=N[O-])c1ccc(CCc2ccccc2)s1. The molecule has 0 unspecified atom stereocenters. The molecule has 0 aliphatic heterocycles. The summed E-state index contributed by atoms with van der Waals surface area (Å²) >= 11 is 1.30. The minimum absolute atomic E-state index is 0.408. The lowest BCUT2D eigenvalue weighted by atomic mass is 10.1. The second kappa shape index (κ2) is 6.15. The molecule has 2 aromatic rings. The van der Waals surface area contributed by atoms with Gasteiger partial charge in [-0.2, -0.15) is 0 Å². The molecule has 1 aromatic heterocycles. The van der Waals surface area contributed by atoms with E-state index < -0.39 is 11.7 Å². The Balaban J connectivity index is 2.04. The average Bonchev–Trinajstić information content (AvgIpc) is 2.87. The minimum atomic E-state index is -1.29. The number of thiophene rings is 1. The van der Waals surface area contributed by atoms with E-state index in [-0.39, 0.29) is 0 Å². The molecule has 1 N–H and O–H groups in total. The molecule has 98 valence electrons. The first-order valence-electron chi connectivity index (χ1n) is 5.77. The topological polar surface area (TPSA) is 72.7 Å². The smallest absolute Gasteiger partial charge is 0.355 e. The van der Waals surface area contributed by atoms with E-state index in [1.807, 2.05) is 24.3 Å². The second-order valence-electron chi connectivity index (χ2n) is 4.00. The Labute approximate surface area is 114 Å². The van der Waals surface area contributed by atoms with Crippen LogP contribution >= 0.6 is 11.3 Å². The van der Waals surface area contributed by atoms with Crippen molar-refractivity contribution in [3.63, 3.8) is 0 Å². The van der Waals surface area contributed by atoms with E-state index in [1.54, 1.807) is 6.07 Å². The van der Waals surface area contributed by atoms with Gasteiger partial charge in [0, 0.05) is 4.88 Å². The highest BCUT2D eigenvalue weighted by Crippen LogP contribution is 2.19. The van der Waals surface area contributed by atoms with Crippen LogP contribution < -0.4 is 0 Å². The Morgan fingerprint density at radius 1 is 1.16 bits per heavy atom. The maximum absolute atomic E-state index is 10.8. The van der Waals surface area contributed by atoms with Crippen molar-refractivity contribution in [2.75, 3.05) is 0 Å². The van der Waals surface area contributed by atoms with Crippen LogP contribution in [0.15, 0.2) is 47.6 Å². The summed E-state index contributed by atoms with van der Waals surface area (Å²) in [6.45, 7) is 0. The first kappa shape index (κ1) is 13.3. The molecule has 2 rings (SSSR count). The number of aliphatic carboxylic acids is 1. The Kier molecular flexibility index (Phi) is 4.30. The van der Waals surface area contributed by atoms with Gasteiger partial charge in [-0.15, -0.1) is 11.3 Å². The first-order valence-corrected chi connectivity index (χ1v) is 6.59. The zero-order valence-electron chi connectivity index (χ0n) is 10.1. The zero-order chi connectivity index (χ0) is 13.7. The maximum Gasteiger partial charge on any atom is 0.355 e. The van der Waals surface area contributed by atoms with Gasteiger partial charge < -0.3 is 15.5 Å². The van der Waals surface area contributed by atoms with Crippen LogP contribution in [0.2, 0.25) is 0 Å². The lowest BCUT2D eigenvalue weighted by Crippen LogP contribution is -2.12. The summed E-state index contributed by atoms with van der Waals surface area (Å²) in [5.41, 5.74) is 0.810. The quantitative estimate of drug-likeness (QED) is 0.673. The molecule has 4 nitrogen and oxygen atoms in total. The number of benzene rings is 1. The van der Waals surface area contributed by atoms with Gasteiger partial charge in [-0.25, -0.2) is 4.79 Å². The van der Waals surface area contributed by atoms with Crippen molar-refractivity contribution in [2.24, 2.45) is 5.16 Å². The summed E-state index contributed by atoms with van der Waals surface area (Å²) in [6, 6.07) is 13.5. The number of carbonyl (C=O) groups is 1. The third kappa shape index (κ3) is 3.42. The molecule has 0 amide bonds. The van der Waals surface area contributed by atoms with E-state index in [1.165, 1.54) is 16.9 Å². The van der Waals surface area contributed by atoms with Crippen LogP contribution in [0.4, 0.5) is 0 Å². The fraction of sp³-hybridized carbons (Fsp3) is 0.143. The predicted octanol–water partition coefficient (Wildman–Crippen LogP) is 2.90. The molecule has 1 heterocycles. The van der Waals surface area contributed by atoms with E-state index in [0.717, 1.165) is 17.7 Å². The summed E-state index contributed by atoms with van der Waals surface area (Å²) in [6.07, 6.45) is 1.71. The largest absolute Gasteiger partial charge is 0.791 e. The monoisotopic (exact) mass is 274 g/mol. The van der Waals surface area contributed by atoms with E-state index in [9.17, 15) is 10.0 Å². The molecule has 5 heteroatoms. The highest BCUT2D eigenvalue weighted by atomic mass is 32.1. The van der Waals surface area contributed by atoms with Crippen molar-refractivity contribution in [1.82, 2.24) is 0 Å². The van der Waals surface area contributed by atoms with E-state index in [2.05, 4.69) is 17.3 Å². The van der Waals surface area contributed by atoms with Crippen molar-refractivity contribution >= 4 is 23.0 Å². The van der Waals surface area contributed by atoms with Gasteiger partial charge >= 0.3 is 5.97 Å². The van der Waals surface area contributed by atoms with Gasteiger partial charge in [0.25, 0.3) is 0 Å². The third-order valence-electron chi connectivity index (χ3n) is 2.69. The van der Waals surface area contributed by atoms with Crippen molar-refractivity contribution in [3.05, 3.63) is 63.0 Å². The second-order valence-corrected chi connectivity index (χ2v) is 5.16. The molecule has 0 saturated carbocycles. The van der Waals surface area contributed by atoms with Gasteiger partial charge in [0.2, 0.25) is 0 Å². The summed E-state index contributed by atoms with van der Waals surface area (Å²) < 4.78 is 0. The van der Waals surface area contributed by atoms with Crippen LogP contribution in [-0.2, 0) is 17.6 Å². The Bertz CT molecular complexity index is 590. The van der Waals surface area contributed by atoms with Gasteiger partial charge in [-0.3, -0.25) is 0 Å². The van der Waals surface area contributed by atoms with Crippen LogP contribution in [0.25, 0.3) is 0 Å². The molecule has 0 spiro atoms. The molecule has 0 bridgehead atoms. The van der Waals surface area contributed by atoms with Crippen LogP contribution in [0, 0.1) is 5.21 Å². The summed E-state index contributed by atoms with van der Waals surface area (Å²) in [7, 11) is 0. The van der Waals surface area contributed by atoms with Gasteiger partial charge in [-0.1, -0.05) is 30.3 Å². The van der Waals surface area contributed by atoms with Crippen LogP contribution in [0.5, 0.6) is 0 Å². The molecule has 0 fully saturated rings. The van der Waals surface area contributed by atoms with E-state index in [4.69, 9.17) is 5.11 Å². The summed E-state index contributed by atoms with van der Waals surface area (Å²) in [5, 5.41) is 21.9. The van der Waals surface area contributed by atoms with Crippen molar-refractivity contribution in [3.8, 4) is 0 Å². The number of carboxylic acid groups (broad SMARTS) is 1. The fourth-order valence-electron chi connectivity index (χ4n) is 1.74. The van der Waals surface area contributed by atoms with E-state index in [0.29, 0.717) is 4.88 Å². The lowest BCUT2D eigenvalue weighted by molar-refractivity contribution is -0.129. The normalized spacial score (nSPS) is 11.5. The third-order valence-corrected chi connectivity index (χ3v) is 3.84. The summed E-state index contributed by atoms with van der Waals surface area (Å²) in [5.74, 6) is -1.29. The lowest BCUT2D eigenvalue weighted by Gasteiger charge is -2.00. The number of aryl methyl sites for hydroxylation is 2. The molecule has 0 radical (unpaired) electrons. The van der Waals surface area contributed by atoms with Crippen molar-refractivity contribution in [2.45, 2.75) is 12.8 Å². The Morgan fingerprint density at radius 3 is 2.53 bits per heavy atom.